The molecule has 0 saturated heterocycles. The summed E-state index contributed by atoms with van der Waals surface area (Å²) in [6, 6.07) is 2.02. The van der Waals surface area contributed by atoms with E-state index in [1.807, 2.05) is 6.07 Å². The van der Waals surface area contributed by atoms with Crippen LogP contribution in [0.3, 0.4) is 0 Å². The number of nitrogens with one attached hydrogen (secondary N) is 1. The molecule has 1 heterocycles. The molecule has 0 aliphatic heterocycles. The molecule has 0 bridgehead atoms. The lowest BCUT2D eigenvalue weighted by Crippen LogP contribution is -2.11. The van der Waals surface area contributed by atoms with Crippen LogP contribution in [0, 0.1) is 6.92 Å². The topological polar surface area (TPSA) is 34.4 Å². The van der Waals surface area contributed by atoms with Gasteiger partial charge in [0.1, 0.15) is 18.1 Å². The lowest BCUT2D eigenvalue weighted by molar-refractivity contribution is 0.162. The quantitative estimate of drug-likeness (QED) is 0.756. The highest BCUT2D eigenvalue weighted by Gasteiger charge is 2.05. The predicted octanol–water partition coefficient (Wildman–Crippen LogP) is 1.84. The Morgan fingerprint density at radius 2 is 2.31 bits per heavy atom. The third-order valence-corrected chi connectivity index (χ3v) is 1.89. The van der Waals surface area contributed by atoms with Gasteiger partial charge in [0.25, 0.3) is 0 Å². The highest BCUT2D eigenvalue weighted by Crippen LogP contribution is 2.14. The van der Waals surface area contributed by atoms with Crippen LogP contribution in [0.5, 0.6) is 0 Å². The SMILES string of the molecule is CCNCc1oc(COC)cc1C. The van der Waals surface area contributed by atoms with Gasteiger partial charge in [-0.25, -0.2) is 0 Å². The molecule has 13 heavy (non-hydrogen) atoms. The number of hydrogen-bond acceptors (Lipinski definition) is 3. The number of rotatable bonds is 5. The van der Waals surface area contributed by atoms with Gasteiger partial charge in [-0.2, -0.15) is 0 Å². The largest absolute Gasteiger partial charge is 0.462 e. The zero-order valence-corrected chi connectivity index (χ0v) is 8.52. The Kier molecular flexibility index (Phi) is 3.99. The van der Waals surface area contributed by atoms with Crippen LogP contribution in [0.15, 0.2) is 10.5 Å². The van der Waals surface area contributed by atoms with Crippen LogP contribution >= 0.6 is 0 Å². The lowest BCUT2D eigenvalue weighted by Gasteiger charge is -1.98. The van der Waals surface area contributed by atoms with Crippen LogP contribution in [-0.2, 0) is 17.9 Å². The zero-order chi connectivity index (χ0) is 9.68. The molecule has 74 valence electrons. The fourth-order valence-electron chi connectivity index (χ4n) is 1.22. The van der Waals surface area contributed by atoms with E-state index in [1.54, 1.807) is 7.11 Å². The van der Waals surface area contributed by atoms with Crippen molar-refractivity contribution in [3.8, 4) is 0 Å². The molecule has 0 aromatic carbocycles. The first-order chi connectivity index (χ1) is 6.27. The highest BCUT2D eigenvalue weighted by atomic mass is 16.5. The summed E-state index contributed by atoms with van der Waals surface area (Å²) in [5.41, 5.74) is 1.19. The average Bonchev–Trinajstić information content (AvgIpc) is 2.44. The van der Waals surface area contributed by atoms with Crippen molar-refractivity contribution in [1.29, 1.82) is 0 Å². The van der Waals surface area contributed by atoms with Crippen molar-refractivity contribution in [3.63, 3.8) is 0 Å². The van der Waals surface area contributed by atoms with Crippen molar-refractivity contribution in [3.05, 3.63) is 23.2 Å². The van der Waals surface area contributed by atoms with Crippen LogP contribution in [0.4, 0.5) is 0 Å². The zero-order valence-electron chi connectivity index (χ0n) is 8.52. The number of furan rings is 1. The number of methoxy groups -OCH3 is 1. The molecule has 0 amide bonds. The first kappa shape index (κ1) is 10.3. The molecule has 1 aromatic heterocycles. The molecule has 3 heteroatoms. The molecule has 3 nitrogen and oxygen atoms in total. The second kappa shape index (κ2) is 5.04. The fraction of sp³-hybridized carbons (Fsp3) is 0.600. The molecule has 0 unspecified atom stereocenters. The lowest BCUT2D eigenvalue weighted by atomic mass is 10.2. The second-order valence-electron chi connectivity index (χ2n) is 3.03. The monoisotopic (exact) mass is 183 g/mol. The van der Waals surface area contributed by atoms with Gasteiger partial charge in [-0.3, -0.25) is 0 Å². The second-order valence-corrected chi connectivity index (χ2v) is 3.03. The van der Waals surface area contributed by atoms with Crippen molar-refractivity contribution in [2.75, 3.05) is 13.7 Å². The summed E-state index contributed by atoms with van der Waals surface area (Å²) in [4.78, 5) is 0. The van der Waals surface area contributed by atoms with E-state index in [4.69, 9.17) is 9.15 Å². The van der Waals surface area contributed by atoms with E-state index in [0.29, 0.717) is 6.61 Å². The molecule has 0 aliphatic rings. The molecule has 1 aromatic rings. The first-order valence-corrected chi connectivity index (χ1v) is 4.55. The van der Waals surface area contributed by atoms with Crippen LogP contribution in [0.25, 0.3) is 0 Å². The predicted molar refractivity (Wildman–Crippen MR) is 51.5 cm³/mol. The smallest absolute Gasteiger partial charge is 0.130 e. The van der Waals surface area contributed by atoms with Crippen molar-refractivity contribution in [2.45, 2.75) is 27.0 Å². The van der Waals surface area contributed by atoms with E-state index >= 15 is 0 Å². The van der Waals surface area contributed by atoms with Crippen molar-refractivity contribution in [1.82, 2.24) is 5.32 Å². The highest BCUT2D eigenvalue weighted by molar-refractivity contribution is 5.19. The summed E-state index contributed by atoms with van der Waals surface area (Å²) in [5.74, 6) is 1.90. The maximum atomic E-state index is 5.57. The minimum absolute atomic E-state index is 0.549. The van der Waals surface area contributed by atoms with E-state index in [-0.39, 0.29) is 0 Å². The van der Waals surface area contributed by atoms with Crippen molar-refractivity contribution < 1.29 is 9.15 Å². The van der Waals surface area contributed by atoms with E-state index in [2.05, 4.69) is 19.2 Å². The minimum atomic E-state index is 0.549. The standard InChI is InChI=1S/C10H17NO2/c1-4-11-6-10-8(2)5-9(13-10)7-12-3/h5,11H,4,6-7H2,1-3H3. The van der Waals surface area contributed by atoms with Crippen LogP contribution in [0.2, 0.25) is 0 Å². The van der Waals surface area contributed by atoms with Crippen LogP contribution in [-0.4, -0.2) is 13.7 Å². The summed E-state index contributed by atoms with van der Waals surface area (Å²) >= 11 is 0. The maximum absolute atomic E-state index is 5.57. The summed E-state index contributed by atoms with van der Waals surface area (Å²) < 4.78 is 10.6. The average molecular weight is 183 g/mol. The van der Waals surface area contributed by atoms with Gasteiger partial charge in [-0.15, -0.1) is 0 Å². The molecular formula is C10H17NO2. The third kappa shape index (κ3) is 2.86. The number of ether oxygens (including phenoxy) is 1. The molecule has 0 radical (unpaired) electrons. The maximum Gasteiger partial charge on any atom is 0.130 e. The van der Waals surface area contributed by atoms with E-state index in [9.17, 15) is 0 Å². The van der Waals surface area contributed by atoms with Gasteiger partial charge in [0.05, 0.1) is 6.54 Å². The Bertz CT molecular complexity index is 255. The van der Waals surface area contributed by atoms with E-state index in [1.165, 1.54) is 5.56 Å². The van der Waals surface area contributed by atoms with Gasteiger partial charge in [-0.1, -0.05) is 6.92 Å². The Labute approximate surface area is 79.1 Å². The molecule has 0 spiro atoms. The van der Waals surface area contributed by atoms with E-state index < -0.39 is 0 Å². The van der Waals surface area contributed by atoms with Gasteiger partial charge in [0.2, 0.25) is 0 Å². The molecule has 0 fully saturated rings. The molecule has 0 saturated carbocycles. The summed E-state index contributed by atoms with van der Waals surface area (Å²) in [6.45, 7) is 6.43. The minimum Gasteiger partial charge on any atom is -0.462 e. The Balaban J connectivity index is 2.60. The van der Waals surface area contributed by atoms with Gasteiger partial charge in [0.15, 0.2) is 0 Å². The summed E-state index contributed by atoms with van der Waals surface area (Å²) in [7, 11) is 1.67. The Hall–Kier alpha value is -0.800. The molecule has 0 atom stereocenters. The molecule has 1 N–H and O–H groups in total. The van der Waals surface area contributed by atoms with Crippen molar-refractivity contribution in [2.24, 2.45) is 0 Å². The summed E-state index contributed by atoms with van der Waals surface area (Å²) in [5, 5.41) is 3.23. The number of aryl methyl sites for hydroxylation is 1. The number of hydrogen-bond donors (Lipinski definition) is 1. The fourth-order valence-corrected chi connectivity index (χ4v) is 1.22. The van der Waals surface area contributed by atoms with E-state index in [0.717, 1.165) is 24.6 Å². The summed E-state index contributed by atoms with van der Waals surface area (Å²) in [6.07, 6.45) is 0. The Morgan fingerprint density at radius 1 is 1.54 bits per heavy atom. The van der Waals surface area contributed by atoms with Gasteiger partial charge in [-0.05, 0) is 25.1 Å². The van der Waals surface area contributed by atoms with Gasteiger partial charge in [0, 0.05) is 7.11 Å². The van der Waals surface area contributed by atoms with Crippen LogP contribution in [0.1, 0.15) is 24.0 Å². The molecule has 1 rings (SSSR count). The van der Waals surface area contributed by atoms with Gasteiger partial charge < -0.3 is 14.5 Å². The third-order valence-electron chi connectivity index (χ3n) is 1.89. The van der Waals surface area contributed by atoms with Crippen LogP contribution < -0.4 is 5.32 Å². The first-order valence-electron chi connectivity index (χ1n) is 4.55. The molecular weight excluding hydrogens is 166 g/mol. The van der Waals surface area contributed by atoms with Crippen molar-refractivity contribution >= 4 is 0 Å². The van der Waals surface area contributed by atoms with Gasteiger partial charge >= 0.3 is 0 Å². The molecule has 0 aliphatic carbocycles. The Morgan fingerprint density at radius 3 is 2.92 bits per heavy atom. The normalized spacial score (nSPS) is 10.7.